The Hall–Kier alpha value is 0.0700. The second kappa shape index (κ2) is 4.00. The Bertz CT molecular complexity index is 59.2. The predicted octanol–water partition coefficient (Wildman–Crippen LogP) is 0.356. The summed E-state index contributed by atoms with van der Waals surface area (Å²) in [5, 5.41) is 8.07. The van der Waals surface area contributed by atoms with Gasteiger partial charge in [0.15, 0.2) is 0 Å². The Morgan fingerprint density at radius 2 is 2.12 bits per heavy atom. The van der Waals surface area contributed by atoms with Crippen LogP contribution in [0.25, 0.3) is 0 Å². The maximum Gasteiger partial charge on any atom is 0.257 e. The molecular weight excluding hydrogens is 139 g/mol. The van der Waals surface area contributed by atoms with Gasteiger partial charge in [-0.05, 0) is 11.8 Å². The van der Waals surface area contributed by atoms with E-state index in [1.54, 1.807) is 4.84 Å². The summed E-state index contributed by atoms with van der Waals surface area (Å²) in [7, 11) is 0. The standard InChI is InChI=1S/C3H6ClF2NO/c4-7-2(1-8)3(5)6/h2-3,7-8H,1H2/t2-/m1/s1. The van der Waals surface area contributed by atoms with E-state index in [1.165, 1.54) is 0 Å². The summed E-state index contributed by atoms with van der Waals surface area (Å²) in [5.74, 6) is 0. The summed E-state index contributed by atoms with van der Waals surface area (Å²) in [5.41, 5.74) is 0. The molecule has 0 saturated carbocycles. The van der Waals surface area contributed by atoms with Crippen LogP contribution >= 0.6 is 11.8 Å². The van der Waals surface area contributed by atoms with Crippen LogP contribution in [0.4, 0.5) is 8.78 Å². The zero-order chi connectivity index (χ0) is 6.57. The zero-order valence-electron chi connectivity index (χ0n) is 3.94. The molecule has 0 radical (unpaired) electrons. The van der Waals surface area contributed by atoms with Crippen molar-refractivity contribution in [2.24, 2.45) is 0 Å². The first-order valence-electron chi connectivity index (χ1n) is 1.97. The number of hydrogen-bond donors (Lipinski definition) is 2. The first-order valence-corrected chi connectivity index (χ1v) is 2.35. The number of nitrogens with one attached hydrogen (secondary N) is 1. The van der Waals surface area contributed by atoms with Crippen molar-refractivity contribution in [3.05, 3.63) is 0 Å². The van der Waals surface area contributed by atoms with Gasteiger partial charge in [-0.3, -0.25) is 0 Å². The van der Waals surface area contributed by atoms with Crippen LogP contribution in [-0.4, -0.2) is 24.2 Å². The summed E-state index contributed by atoms with van der Waals surface area (Å²) in [6, 6.07) is -1.31. The molecule has 0 bridgehead atoms. The number of hydrogen-bond acceptors (Lipinski definition) is 2. The van der Waals surface area contributed by atoms with Crippen LogP contribution in [0, 0.1) is 0 Å². The van der Waals surface area contributed by atoms with Gasteiger partial charge in [0.25, 0.3) is 6.43 Å². The Morgan fingerprint density at radius 1 is 1.62 bits per heavy atom. The number of aliphatic hydroxyl groups excluding tert-OH is 1. The summed E-state index contributed by atoms with van der Waals surface area (Å²) in [6.45, 7) is -0.652. The highest BCUT2D eigenvalue weighted by Gasteiger charge is 2.16. The highest BCUT2D eigenvalue weighted by Crippen LogP contribution is 1.99. The van der Waals surface area contributed by atoms with Gasteiger partial charge in [0, 0.05) is 0 Å². The molecule has 1 atom stereocenters. The SMILES string of the molecule is OC[C@@H](NCl)C(F)F. The molecule has 0 spiro atoms. The van der Waals surface area contributed by atoms with E-state index >= 15 is 0 Å². The molecule has 0 fully saturated rings. The molecule has 0 aromatic heterocycles. The van der Waals surface area contributed by atoms with Crippen LogP contribution in [0.2, 0.25) is 0 Å². The smallest absolute Gasteiger partial charge is 0.257 e. The summed E-state index contributed by atoms with van der Waals surface area (Å²) >= 11 is 4.77. The minimum absolute atomic E-state index is 0.652. The largest absolute Gasteiger partial charge is 0.394 e. The summed E-state index contributed by atoms with van der Waals surface area (Å²) in [4.78, 5) is 1.72. The van der Waals surface area contributed by atoms with Crippen molar-refractivity contribution in [1.82, 2.24) is 4.84 Å². The molecule has 0 aliphatic heterocycles. The van der Waals surface area contributed by atoms with Crippen molar-refractivity contribution in [3.63, 3.8) is 0 Å². The average Bonchev–Trinajstić information content (AvgIpc) is 1.69. The minimum atomic E-state index is -2.61. The van der Waals surface area contributed by atoms with Crippen molar-refractivity contribution in [2.45, 2.75) is 12.5 Å². The van der Waals surface area contributed by atoms with Gasteiger partial charge in [0.05, 0.1) is 6.61 Å². The molecule has 0 aromatic carbocycles. The lowest BCUT2D eigenvalue weighted by Gasteiger charge is -2.07. The van der Waals surface area contributed by atoms with Gasteiger partial charge in [-0.2, -0.15) is 0 Å². The second-order valence-electron chi connectivity index (χ2n) is 1.23. The number of halogens is 3. The Kier molecular flexibility index (Phi) is 4.03. The molecule has 0 heterocycles. The normalized spacial score (nSPS) is 14.6. The number of alkyl halides is 2. The van der Waals surface area contributed by atoms with Crippen LogP contribution in [0.3, 0.4) is 0 Å². The van der Waals surface area contributed by atoms with Gasteiger partial charge in [-0.15, -0.1) is 0 Å². The second-order valence-corrected chi connectivity index (χ2v) is 1.45. The van der Waals surface area contributed by atoms with E-state index in [1.807, 2.05) is 0 Å². The monoisotopic (exact) mass is 145 g/mol. The molecule has 0 amide bonds. The lowest BCUT2D eigenvalue weighted by Crippen LogP contribution is -2.32. The van der Waals surface area contributed by atoms with Crippen LogP contribution in [-0.2, 0) is 0 Å². The first kappa shape index (κ1) is 8.07. The molecule has 2 nitrogen and oxygen atoms in total. The van der Waals surface area contributed by atoms with Gasteiger partial charge in [-0.1, -0.05) is 0 Å². The van der Waals surface area contributed by atoms with Crippen LogP contribution in [0.15, 0.2) is 0 Å². The van der Waals surface area contributed by atoms with Gasteiger partial charge in [0.2, 0.25) is 0 Å². The van der Waals surface area contributed by atoms with Gasteiger partial charge < -0.3 is 5.11 Å². The van der Waals surface area contributed by atoms with E-state index in [2.05, 4.69) is 0 Å². The molecule has 5 heteroatoms. The van der Waals surface area contributed by atoms with Crippen molar-refractivity contribution in [2.75, 3.05) is 6.61 Å². The van der Waals surface area contributed by atoms with Crippen LogP contribution in [0.5, 0.6) is 0 Å². The molecule has 2 N–H and O–H groups in total. The molecule has 8 heavy (non-hydrogen) atoms. The molecule has 0 aliphatic carbocycles. The molecule has 0 aromatic rings. The fourth-order valence-electron chi connectivity index (χ4n) is 0.162. The highest BCUT2D eigenvalue weighted by molar-refractivity contribution is 6.13. The first-order chi connectivity index (χ1) is 3.72. The van der Waals surface area contributed by atoms with Crippen molar-refractivity contribution >= 4 is 11.8 Å². The third-order valence-corrected chi connectivity index (χ3v) is 0.921. The third-order valence-electron chi connectivity index (χ3n) is 0.641. The zero-order valence-corrected chi connectivity index (χ0v) is 4.70. The predicted molar refractivity (Wildman–Crippen MR) is 25.9 cm³/mol. The quantitative estimate of drug-likeness (QED) is 0.562. The molecule has 0 rings (SSSR count). The maximum absolute atomic E-state index is 11.4. The Labute approximate surface area is 50.6 Å². The van der Waals surface area contributed by atoms with Crippen LogP contribution < -0.4 is 4.84 Å². The van der Waals surface area contributed by atoms with E-state index in [-0.39, 0.29) is 0 Å². The number of aliphatic hydroxyl groups is 1. The Balaban J connectivity index is 3.35. The average molecular weight is 146 g/mol. The van der Waals surface area contributed by atoms with E-state index < -0.39 is 19.1 Å². The van der Waals surface area contributed by atoms with Crippen LogP contribution in [0.1, 0.15) is 0 Å². The van der Waals surface area contributed by atoms with Crippen molar-refractivity contribution in [3.8, 4) is 0 Å². The topological polar surface area (TPSA) is 32.3 Å². The summed E-state index contributed by atoms with van der Waals surface area (Å²) in [6.07, 6.45) is -2.61. The van der Waals surface area contributed by atoms with Gasteiger partial charge in [0.1, 0.15) is 6.04 Å². The summed E-state index contributed by atoms with van der Waals surface area (Å²) < 4.78 is 22.8. The van der Waals surface area contributed by atoms with Gasteiger partial charge in [-0.25, -0.2) is 13.6 Å². The van der Waals surface area contributed by atoms with Crippen molar-refractivity contribution < 1.29 is 13.9 Å². The van der Waals surface area contributed by atoms with E-state index in [0.29, 0.717) is 0 Å². The van der Waals surface area contributed by atoms with E-state index in [0.717, 1.165) is 0 Å². The molecule has 50 valence electrons. The minimum Gasteiger partial charge on any atom is -0.394 e. The van der Waals surface area contributed by atoms with Crippen molar-refractivity contribution in [1.29, 1.82) is 0 Å². The van der Waals surface area contributed by atoms with Gasteiger partial charge >= 0.3 is 0 Å². The molecule has 0 saturated heterocycles. The molecular formula is C3H6ClF2NO. The molecule has 0 unspecified atom stereocenters. The fourth-order valence-corrected chi connectivity index (χ4v) is 0.326. The van der Waals surface area contributed by atoms with E-state index in [4.69, 9.17) is 16.9 Å². The Morgan fingerprint density at radius 3 is 2.12 bits per heavy atom. The lowest BCUT2D eigenvalue weighted by atomic mass is 10.4. The highest BCUT2D eigenvalue weighted by atomic mass is 35.5. The molecule has 0 aliphatic rings. The lowest BCUT2D eigenvalue weighted by molar-refractivity contribution is 0.0766. The maximum atomic E-state index is 11.4. The third kappa shape index (κ3) is 2.40. The number of rotatable bonds is 3. The van der Waals surface area contributed by atoms with E-state index in [9.17, 15) is 8.78 Å². The fraction of sp³-hybridized carbons (Fsp3) is 1.00.